The van der Waals surface area contributed by atoms with Crippen molar-refractivity contribution in [2.75, 3.05) is 6.54 Å². The quantitative estimate of drug-likeness (QED) is 0.903. The third-order valence-corrected chi connectivity index (χ3v) is 4.63. The Morgan fingerprint density at radius 1 is 1.32 bits per heavy atom. The Labute approximate surface area is 118 Å². The van der Waals surface area contributed by atoms with Crippen molar-refractivity contribution in [2.24, 2.45) is 0 Å². The predicted octanol–water partition coefficient (Wildman–Crippen LogP) is 4.19. The minimum atomic E-state index is 0.484. The fraction of sp³-hybridized carbons (Fsp3) is 0.438. The van der Waals surface area contributed by atoms with Crippen LogP contribution in [0.1, 0.15) is 42.8 Å². The molecule has 2 heterocycles. The molecular weight excluding hydrogens is 252 g/mol. The SMILES string of the molecule is CCCc1ccc(-c2csc(C3CCCN3)n2)cc1. The predicted molar refractivity (Wildman–Crippen MR) is 81.5 cm³/mol. The van der Waals surface area contributed by atoms with Crippen LogP contribution >= 0.6 is 11.3 Å². The highest BCUT2D eigenvalue weighted by atomic mass is 32.1. The summed E-state index contributed by atoms with van der Waals surface area (Å²) in [6.07, 6.45) is 4.86. The van der Waals surface area contributed by atoms with Gasteiger partial charge in [-0.05, 0) is 31.4 Å². The summed E-state index contributed by atoms with van der Waals surface area (Å²) in [7, 11) is 0. The molecule has 1 saturated heterocycles. The molecular formula is C16H20N2S. The van der Waals surface area contributed by atoms with Crippen LogP contribution in [0.4, 0.5) is 0 Å². The Morgan fingerprint density at radius 2 is 2.16 bits per heavy atom. The molecule has 100 valence electrons. The molecule has 1 fully saturated rings. The Kier molecular flexibility index (Phi) is 3.95. The van der Waals surface area contributed by atoms with Crippen LogP contribution in [-0.4, -0.2) is 11.5 Å². The highest BCUT2D eigenvalue weighted by Gasteiger charge is 2.19. The maximum absolute atomic E-state index is 4.79. The summed E-state index contributed by atoms with van der Waals surface area (Å²) in [4.78, 5) is 4.79. The number of benzene rings is 1. The Hall–Kier alpha value is -1.19. The van der Waals surface area contributed by atoms with Gasteiger partial charge in [0.15, 0.2) is 0 Å². The summed E-state index contributed by atoms with van der Waals surface area (Å²) < 4.78 is 0. The van der Waals surface area contributed by atoms with Crippen molar-refractivity contribution in [2.45, 2.75) is 38.6 Å². The standard InChI is InChI=1S/C16H20N2S/c1-2-4-12-6-8-13(9-7-12)15-11-19-16(18-15)14-5-3-10-17-14/h6-9,11,14,17H,2-5,10H2,1H3. The maximum atomic E-state index is 4.79. The number of rotatable bonds is 4. The van der Waals surface area contributed by atoms with E-state index >= 15 is 0 Å². The van der Waals surface area contributed by atoms with E-state index in [-0.39, 0.29) is 0 Å². The van der Waals surface area contributed by atoms with Gasteiger partial charge < -0.3 is 5.32 Å². The molecule has 2 aromatic rings. The lowest BCUT2D eigenvalue weighted by molar-refractivity contribution is 0.643. The van der Waals surface area contributed by atoms with Crippen LogP contribution < -0.4 is 5.32 Å². The van der Waals surface area contributed by atoms with Gasteiger partial charge in [-0.25, -0.2) is 4.98 Å². The van der Waals surface area contributed by atoms with E-state index in [2.05, 4.69) is 41.9 Å². The molecule has 0 amide bonds. The second-order valence-corrected chi connectivity index (χ2v) is 6.06. The van der Waals surface area contributed by atoms with Crippen LogP contribution in [0.15, 0.2) is 29.6 Å². The monoisotopic (exact) mass is 272 g/mol. The average molecular weight is 272 g/mol. The van der Waals surface area contributed by atoms with Crippen LogP contribution in [0.2, 0.25) is 0 Å². The van der Waals surface area contributed by atoms with Crippen molar-refractivity contribution >= 4 is 11.3 Å². The minimum absolute atomic E-state index is 0.484. The number of nitrogens with zero attached hydrogens (tertiary/aromatic N) is 1. The smallest absolute Gasteiger partial charge is 0.110 e. The summed E-state index contributed by atoms with van der Waals surface area (Å²) in [5.41, 5.74) is 3.77. The number of nitrogens with one attached hydrogen (secondary N) is 1. The number of aryl methyl sites for hydroxylation is 1. The van der Waals surface area contributed by atoms with Gasteiger partial charge in [0.25, 0.3) is 0 Å². The highest BCUT2D eigenvalue weighted by molar-refractivity contribution is 7.10. The first-order valence-corrected chi connectivity index (χ1v) is 8.03. The van der Waals surface area contributed by atoms with Crippen molar-refractivity contribution in [3.05, 3.63) is 40.2 Å². The van der Waals surface area contributed by atoms with Crippen molar-refractivity contribution in [3.63, 3.8) is 0 Å². The third kappa shape index (κ3) is 2.88. The topological polar surface area (TPSA) is 24.9 Å². The lowest BCUT2D eigenvalue weighted by Gasteiger charge is -2.04. The van der Waals surface area contributed by atoms with Gasteiger partial charge in [-0.3, -0.25) is 0 Å². The first-order valence-electron chi connectivity index (χ1n) is 7.15. The first-order chi connectivity index (χ1) is 9.36. The lowest BCUT2D eigenvalue weighted by Crippen LogP contribution is -2.12. The molecule has 0 bridgehead atoms. The number of aromatic nitrogens is 1. The van der Waals surface area contributed by atoms with Gasteiger partial charge in [-0.15, -0.1) is 11.3 Å². The van der Waals surface area contributed by atoms with Gasteiger partial charge in [0.05, 0.1) is 11.7 Å². The van der Waals surface area contributed by atoms with Crippen LogP contribution in [-0.2, 0) is 6.42 Å². The van der Waals surface area contributed by atoms with E-state index in [0.717, 1.165) is 18.7 Å². The van der Waals surface area contributed by atoms with Gasteiger partial charge >= 0.3 is 0 Å². The zero-order chi connectivity index (χ0) is 13.1. The zero-order valence-corrected chi connectivity index (χ0v) is 12.2. The molecule has 1 aromatic heterocycles. The van der Waals surface area contributed by atoms with Crippen LogP contribution in [0.25, 0.3) is 11.3 Å². The second kappa shape index (κ2) is 5.85. The van der Waals surface area contributed by atoms with Gasteiger partial charge in [0.2, 0.25) is 0 Å². The molecule has 1 unspecified atom stereocenters. The molecule has 1 aromatic carbocycles. The summed E-state index contributed by atoms with van der Waals surface area (Å²) in [5.74, 6) is 0. The number of thiazole rings is 1. The minimum Gasteiger partial charge on any atom is -0.308 e. The van der Waals surface area contributed by atoms with E-state index in [1.54, 1.807) is 11.3 Å². The van der Waals surface area contributed by atoms with E-state index in [9.17, 15) is 0 Å². The summed E-state index contributed by atoms with van der Waals surface area (Å²) >= 11 is 1.78. The van der Waals surface area contributed by atoms with Crippen LogP contribution in [0.3, 0.4) is 0 Å². The van der Waals surface area contributed by atoms with Gasteiger partial charge in [0.1, 0.15) is 5.01 Å². The van der Waals surface area contributed by atoms with Crippen LogP contribution in [0, 0.1) is 0 Å². The van der Waals surface area contributed by atoms with E-state index in [1.807, 2.05) is 0 Å². The van der Waals surface area contributed by atoms with Crippen molar-refractivity contribution in [1.82, 2.24) is 10.3 Å². The highest BCUT2D eigenvalue weighted by Crippen LogP contribution is 2.29. The molecule has 1 N–H and O–H groups in total. The number of hydrogen-bond donors (Lipinski definition) is 1. The third-order valence-electron chi connectivity index (χ3n) is 3.67. The number of hydrogen-bond acceptors (Lipinski definition) is 3. The first kappa shape index (κ1) is 12.8. The summed E-state index contributed by atoms with van der Waals surface area (Å²) in [6.45, 7) is 3.35. The molecule has 0 aliphatic carbocycles. The van der Waals surface area contributed by atoms with Crippen LogP contribution in [0.5, 0.6) is 0 Å². The normalized spacial score (nSPS) is 18.9. The molecule has 1 aliphatic rings. The lowest BCUT2D eigenvalue weighted by atomic mass is 10.1. The molecule has 3 rings (SSSR count). The van der Waals surface area contributed by atoms with Crippen molar-refractivity contribution in [1.29, 1.82) is 0 Å². The Morgan fingerprint density at radius 3 is 2.84 bits per heavy atom. The van der Waals surface area contributed by atoms with E-state index < -0.39 is 0 Å². The fourth-order valence-corrected chi connectivity index (χ4v) is 3.54. The fourth-order valence-electron chi connectivity index (χ4n) is 2.61. The van der Waals surface area contributed by atoms with E-state index in [4.69, 9.17) is 4.98 Å². The summed E-state index contributed by atoms with van der Waals surface area (Å²) in [6, 6.07) is 9.34. The van der Waals surface area contributed by atoms with Gasteiger partial charge in [0, 0.05) is 10.9 Å². The molecule has 1 aliphatic heterocycles. The Balaban J connectivity index is 1.77. The average Bonchev–Trinajstić information content (AvgIpc) is 3.11. The van der Waals surface area contributed by atoms with Gasteiger partial charge in [-0.2, -0.15) is 0 Å². The van der Waals surface area contributed by atoms with Crippen molar-refractivity contribution < 1.29 is 0 Å². The van der Waals surface area contributed by atoms with Crippen molar-refractivity contribution in [3.8, 4) is 11.3 Å². The van der Waals surface area contributed by atoms with E-state index in [0.29, 0.717) is 6.04 Å². The maximum Gasteiger partial charge on any atom is 0.110 e. The molecule has 1 atom stereocenters. The molecule has 0 radical (unpaired) electrons. The van der Waals surface area contributed by atoms with E-state index in [1.165, 1.54) is 35.4 Å². The zero-order valence-electron chi connectivity index (χ0n) is 11.4. The molecule has 0 saturated carbocycles. The molecule has 3 heteroatoms. The molecule has 2 nitrogen and oxygen atoms in total. The van der Waals surface area contributed by atoms with Gasteiger partial charge in [-0.1, -0.05) is 37.6 Å². The Bertz CT molecular complexity index is 524. The molecule has 0 spiro atoms. The second-order valence-electron chi connectivity index (χ2n) is 5.17. The largest absolute Gasteiger partial charge is 0.308 e. The summed E-state index contributed by atoms with van der Waals surface area (Å²) in [5, 5.41) is 6.94. The molecule has 19 heavy (non-hydrogen) atoms.